The summed E-state index contributed by atoms with van der Waals surface area (Å²) in [5, 5.41) is 18.0. The Morgan fingerprint density at radius 3 is 3.05 bits per heavy atom. The first-order valence-corrected chi connectivity index (χ1v) is 8.18. The third-order valence-electron chi connectivity index (χ3n) is 4.08. The second kappa shape index (κ2) is 5.87. The second-order valence-electron chi connectivity index (χ2n) is 5.76. The molecule has 19 heavy (non-hydrogen) atoms. The largest absolute Gasteiger partial charge is 0.387 e. The SMILES string of the molecule is O[C@]1(CNCCc2nc3c(s2)CCCC3)CCNC1. The van der Waals surface area contributed by atoms with E-state index in [0.717, 1.165) is 25.9 Å². The number of rotatable bonds is 5. The minimum atomic E-state index is -0.540. The maximum Gasteiger partial charge on any atom is 0.0943 e. The number of nitrogens with one attached hydrogen (secondary N) is 2. The van der Waals surface area contributed by atoms with Crippen molar-refractivity contribution in [1.82, 2.24) is 15.6 Å². The molecule has 0 unspecified atom stereocenters. The van der Waals surface area contributed by atoms with Crippen molar-refractivity contribution in [2.24, 2.45) is 0 Å². The van der Waals surface area contributed by atoms with Crippen molar-refractivity contribution in [2.75, 3.05) is 26.2 Å². The van der Waals surface area contributed by atoms with Crippen molar-refractivity contribution in [2.45, 2.75) is 44.1 Å². The topological polar surface area (TPSA) is 57.2 Å². The highest BCUT2D eigenvalue weighted by Gasteiger charge is 2.30. The molecule has 1 fully saturated rings. The fourth-order valence-electron chi connectivity index (χ4n) is 2.91. The second-order valence-corrected chi connectivity index (χ2v) is 6.93. The molecule has 0 bridgehead atoms. The van der Waals surface area contributed by atoms with Gasteiger partial charge in [-0.05, 0) is 38.6 Å². The zero-order valence-corrected chi connectivity index (χ0v) is 12.2. The molecule has 5 heteroatoms. The average Bonchev–Trinajstić information content (AvgIpc) is 3.01. The van der Waals surface area contributed by atoms with Gasteiger partial charge in [0, 0.05) is 30.9 Å². The summed E-state index contributed by atoms with van der Waals surface area (Å²) in [7, 11) is 0. The van der Waals surface area contributed by atoms with E-state index in [4.69, 9.17) is 4.98 Å². The van der Waals surface area contributed by atoms with Crippen LogP contribution in [-0.4, -0.2) is 41.9 Å². The van der Waals surface area contributed by atoms with E-state index in [1.54, 1.807) is 0 Å². The number of aryl methyl sites for hydroxylation is 2. The Kier molecular flexibility index (Phi) is 4.17. The smallest absolute Gasteiger partial charge is 0.0943 e. The summed E-state index contributed by atoms with van der Waals surface area (Å²) in [5.41, 5.74) is 0.812. The summed E-state index contributed by atoms with van der Waals surface area (Å²) in [4.78, 5) is 6.25. The molecule has 1 saturated heterocycles. The highest BCUT2D eigenvalue weighted by atomic mass is 32.1. The number of aliphatic hydroxyl groups is 1. The molecule has 0 saturated carbocycles. The van der Waals surface area contributed by atoms with Crippen LogP contribution in [0.1, 0.15) is 34.8 Å². The van der Waals surface area contributed by atoms with Crippen molar-refractivity contribution in [3.63, 3.8) is 0 Å². The van der Waals surface area contributed by atoms with E-state index in [1.807, 2.05) is 11.3 Å². The Hall–Kier alpha value is -0.490. The Labute approximate surface area is 118 Å². The molecule has 1 atom stereocenters. The van der Waals surface area contributed by atoms with Gasteiger partial charge in [-0.1, -0.05) is 0 Å². The van der Waals surface area contributed by atoms with Gasteiger partial charge in [0.1, 0.15) is 0 Å². The van der Waals surface area contributed by atoms with E-state index in [-0.39, 0.29) is 0 Å². The van der Waals surface area contributed by atoms with Crippen LogP contribution in [0.2, 0.25) is 0 Å². The van der Waals surface area contributed by atoms with Gasteiger partial charge in [-0.15, -0.1) is 11.3 Å². The van der Waals surface area contributed by atoms with Crippen molar-refractivity contribution >= 4 is 11.3 Å². The standard InChI is InChI=1S/C14H23N3OS/c18-14(6-8-16-10-14)9-15-7-5-13-17-11-3-1-2-4-12(11)19-13/h15-16,18H,1-10H2/t14-/m0/s1. The number of β-amino-alcohol motifs (C(OH)–C–C–N with tert-alkyl or cyclic N) is 1. The first-order chi connectivity index (χ1) is 9.25. The molecule has 0 spiro atoms. The third kappa shape index (κ3) is 3.34. The van der Waals surface area contributed by atoms with E-state index in [1.165, 1.54) is 41.3 Å². The van der Waals surface area contributed by atoms with E-state index < -0.39 is 5.60 Å². The number of thiazole rings is 1. The van der Waals surface area contributed by atoms with Crippen LogP contribution in [0.5, 0.6) is 0 Å². The van der Waals surface area contributed by atoms with Crippen molar-refractivity contribution in [1.29, 1.82) is 0 Å². The van der Waals surface area contributed by atoms with Crippen molar-refractivity contribution in [3.8, 4) is 0 Å². The lowest BCUT2D eigenvalue weighted by molar-refractivity contribution is 0.0615. The van der Waals surface area contributed by atoms with Crippen molar-refractivity contribution in [3.05, 3.63) is 15.6 Å². The fourth-order valence-corrected chi connectivity index (χ4v) is 4.07. The molecule has 0 radical (unpaired) electrons. The van der Waals surface area contributed by atoms with Crippen molar-refractivity contribution < 1.29 is 5.11 Å². The summed E-state index contributed by atoms with van der Waals surface area (Å²) in [6, 6.07) is 0. The molecule has 1 aromatic heterocycles. The van der Waals surface area contributed by atoms with Crippen LogP contribution in [0, 0.1) is 0 Å². The van der Waals surface area contributed by atoms with E-state index in [2.05, 4.69) is 10.6 Å². The molecular weight excluding hydrogens is 258 g/mol. The first-order valence-electron chi connectivity index (χ1n) is 7.36. The first kappa shape index (κ1) is 13.5. The van der Waals surface area contributed by atoms with Gasteiger partial charge in [0.15, 0.2) is 0 Å². The Morgan fingerprint density at radius 1 is 1.37 bits per heavy atom. The summed E-state index contributed by atoms with van der Waals surface area (Å²) in [6.45, 7) is 3.24. The number of hydrogen-bond donors (Lipinski definition) is 3. The van der Waals surface area contributed by atoms with Gasteiger partial charge >= 0.3 is 0 Å². The van der Waals surface area contributed by atoms with Gasteiger partial charge in [-0.3, -0.25) is 0 Å². The highest BCUT2D eigenvalue weighted by Crippen LogP contribution is 2.26. The van der Waals surface area contributed by atoms with Crippen LogP contribution in [0.25, 0.3) is 0 Å². The van der Waals surface area contributed by atoms with Gasteiger partial charge in [0.2, 0.25) is 0 Å². The predicted molar refractivity (Wildman–Crippen MR) is 77.8 cm³/mol. The molecule has 3 rings (SSSR count). The van der Waals surface area contributed by atoms with Crippen LogP contribution in [-0.2, 0) is 19.3 Å². The minimum absolute atomic E-state index is 0.540. The fraction of sp³-hybridized carbons (Fsp3) is 0.786. The molecule has 1 aromatic rings. The van der Waals surface area contributed by atoms with Crippen LogP contribution >= 0.6 is 11.3 Å². The van der Waals surface area contributed by atoms with Crippen LogP contribution < -0.4 is 10.6 Å². The summed E-state index contributed by atoms with van der Waals surface area (Å²) in [5.74, 6) is 0. The molecule has 1 aliphatic carbocycles. The molecule has 0 amide bonds. The molecular formula is C14H23N3OS. The molecule has 3 N–H and O–H groups in total. The lowest BCUT2D eigenvalue weighted by Gasteiger charge is -2.21. The van der Waals surface area contributed by atoms with Gasteiger partial charge in [-0.2, -0.15) is 0 Å². The Morgan fingerprint density at radius 2 is 2.26 bits per heavy atom. The number of nitrogens with zero attached hydrogens (tertiary/aromatic N) is 1. The normalized spacial score (nSPS) is 26.6. The monoisotopic (exact) mass is 281 g/mol. The van der Waals surface area contributed by atoms with E-state index >= 15 is 0 Å². The number of fused-ring (bicyclic) bond motifs is 1. The van der Waals surface area contributed by atoms with Crippen LogP contribution in [0.15, 0.2) is 0 Å². The Bertz CT molecular complexity index is 403. The summed E-state index contributed by atoms with van der Waals surface area (Å²) < 4.78 is 0. The quantitative estimate of drug-likeness (QED) is 0.701. The van der Waals surface area contributed by atoms with Gasteiger partial charge in [0.05, 0.1) is 16.3 Å². The van der Waals surface area contributed by atoms with E-state index in [0.29, 0.717) is 13.1 Å². The zero-order chi connectivity index (χ0) is 13.1. The minimum Gasteiger partial charge on any atom is -0.387 e. The molecule has 0 aromatic carbocycles. The average molecular weight is 281 g/mol. The molecule has 106 valence electrons. The highest BCUT2D eigenvalue weighted by molar-refractivity contribution is 7.11. The molecule has 4 nitrogen and oxygen atoms in total. The zero-order valence-electron chi connectivity index (χ0n) is 11.4. The van der Waals surface area contributed by atoms with Crippen LogP contribution in [0.3, 0.4) is 0 Å². The lowest BCUT2D eigenvalue weighted by atomic mass is 10.0. The third-order valence-corrected chi connectivity index (χ3v) is 5.30. The van der Waals surface area contributed by atoms with E-state index in [9.17, 15) is 5.11 Å². The maximum atomic E-state index is 10.2. The van der Waals surface area contributed by atoms with Gasteiger partial charge < -0.3 is 15.7 Å². The van der Waals surface area contributed by atoms with Crippen LogP contribution in [0.4, 0.5) is 0 Å². The maximum absolute atomic E-state index is 10.2. The van der Waals surface area contributed by atoms with Gasteiger partial charge in [0.25, 0.3) is 0 Å². The summed E-state index contributed by atoms with van der Waals surface area (Å²) in [6.07, 6.45) is 6.87. The van der Waals surface area contributed by atoms with Gasteiger partial charge in [-0.25, -0.2) is 4.98 Å². The predicted octanol–water partition coefficient (Wildman–Crippen LogP) is 0.878. The molecule has 2 heterocycles. The number of hydrogen-bond acceptors (Lipinski definition) is 5. The molecule has 1 aliphatic heterocycles. The Balaban J connectivity index is 1.43. The summed E-state index contributed by atoms with van der Waals surface area (Å²) >= 11 is 1.89. The molecule has 2 aliphatic rings. The lowest BCUT2D eigenvalue weighted by Crippen LogP contribution is -2.42. The number of aromatic nitrogens is 1.